The van der Waals surface area contributed by atoms with Crippen molar-refractivity contribution in [3.05, 3.63) is 63.1 Å². The third kappa shape index (κ3) is 7.72. The van der Waals surface area contributed by atoms with Crippen molar-refractivity contribution < 1.29 is 14.4 Å². The van der Waals surface area contributed by atoms with E-state index in [-0.39, 0.29) is 11.1 Å². The number of benzene rings is 1. The lowest BCUT2D eigenvalue weighted by Crippen LogP contribution is -2.30. The predicted octanol–water partition coefficient (Wildman–Crippen LogP) is 5.66. The Morgan fingerprint density at radius 2 is 1.97 bits per heavy atom. The molecule has 31 heavy (non-hydrogen) atoms. The lowest BCUT2D eigenvalue weighted by atomic mass is 9.92. The van der Waals surface area contributed by atoms with Crippen LogP contribution in [0.1, 0.15) is 56.0 Å². The van der Waals surface area contributed by atoms with Gasteiger partial charge in [0.2, 0.25) is 5.91 Å². The number of carbonyl (C=O) groups excluding carboxylic acids is 1. The van der Waals surface area contributed by atoms with Crippen molar-refractivity contribution >= 4 is 29.1 Å². The van der Waals surface area contributed by atoms with Crippen molar-refractivity contribution in [3.8, 4) is 0 Å². The van der Waals surface area contributed by atoms with Gasteiger partial charge in [0.25, 0.3) is 0 Å². The third-order valence-corrected chi connectivity index (χ3v) is 5.81. The molecule has 0 saturated heterocycles. The molecule has 0 spiro atoms. The molecular weight excluding hydrogens is 440 g/mol. The number of aromatic nitrogens is 1. The number of hydroxylamine groups is 1. The van der Waals surface area contributed by atoms with Crippen LogP contribution in [0.25, 0.3) is 0 Å². The normalized spacial score (nSPS) is 13.3. The van der Waals surface area contributed by atoms with E-state index >= 15 is 0 Å². The Hall–Kier alpha value is -1.73. The minimum Gasteiger partial charge on any atom is -0.308 e. The minimum absolute atomic E-state index is 0.0397. The van der Waals surface area contributed by atoms with Crippen molar-refractivity contribution in [1.82, 2.24) is 15.8 Å². The first-order valence-electron chi connectivity index (χ1n) is 10.5. The quantitative estimate of drug-likeness (QED) is 0.225. The fourth-order valence-corrected chi connectivity index (χ4v) is 4.04. The number of nitrogens with zero attached hydrogens (tertiary/aromatic N) is 1. The van der Waals surface area contributed by atoms with Crippen LogP contribution in [0, 0.1) is 24.6 Å². The number of hydrogen-bond donors (Lipinski definition) is 3. The highest BCUT2D eigenvalue weighted by atomic mass is 35.5. The summed E-state index contributed by atoms with van der Waals surface area (Å²) in [5, 5.41) is 13.3. The Labute approximate surface area is 193 Å². The molecule has 3 N–H and O–H groups in total. The Morgan fingerprint density at radius 1 is 1.23 bits per heavy atom. The molecule has 0 saturated carbocycles. The van der Waals surface area contributed by atoms with Crippen LogP contribution in [-0.4, -0.2) is 22.6 Å². The average molecular weight is 470 g/mol. The number of rotatable bonds is 11. The lowest BCUT2D eigenvalue weighted by molar-refractivity contribution is -0.133. The molecule has 2 atom stereocenters. The highest BCUT2D eigenvalue weighted by Gasteiger charge is 2.20. The zero-order chi connectivity index (χ0) is 23.0. The molecule has 8 heteroatoms. The van der Waals surface area contributed by atoms with Crippen LogP contribution in [0.4, 0.5) is 4.39 Å². The number of unbranched alkanes of at least 4 members (excludes halogenated alkanes) is 1. The van der Waals surface area contributed by atoms with Crippen LogP contribution in [0.2, 0.25) is 10.0 Å². The number of nitrogens with one attached hydrogen (secondary N) is 2. The summed E-state index contributed by atoms with van der Waals surface area (Å²) in [6.45, 7) is 6.66. The molecule has 2 rings (SSSR count). The second-order valence-corrected chi connectivity index (χ2v) is 9.00. The minimum atomic E-state index is -0.450. The van der Waals surface area contributed by atoms with Gasteiger partial charge in [0.05, 0.1) is 21.8 Å². The zero-order valence-electron chi connectivity index (χ0n) is 18.1. The van der Waals surface area contributed by atoms with Gasteiger partial charge in [0.15, 0.2) is 0 Å². The molecular formula is C23H30Cl2FN3O2. The van der Waals surface area contributed by atoms with Gasteiger partial charge >= 0.3 is 0 Å². The summed E-state index contributed by atoms with van der Waals surface area (Å²) in [5.41, 5.74) is 3.89. The average Bonchev–Trinajstić information content (AvgIpc) is 2.73. The van der Waals surface area contributed by atoms with Crippen LogP contribution < -0.4 is 10.8 Å². The number of hydrogen-bond acceptors (Lipinski definition) is 4. The molecule has 170 valence electrons. The molecule has 1 aromatic carbocycles. The Balaban J connectivity index is 1.89. The van der Waals surface area contributed by atoms with Crippen molar-refractivity contribution in [1.29, 1.82) is 0 Å². The number of aryl methyl sites for hydroxylation is 1. The van der Waals surface area contributed by atoms with Gasteiger partial charge in [0.1, 0.15) is 5.82 Å². The van der Waals surface area contributed by atoms with Gasteiger partial charge in [-0.1, -0.05) is 49.5 Å². The number of pyridine rings is 1. The number of carbonyl (C=O) groups is 1. The summed E-state index contributed by atoms with van der Waals surface area (Å²) >= 11 is 11.9. The van der Waals surface area contributed by atoms with Gasteiger partial charge in [0, 0.05) is 12.1 Å². The molecule has 0 bridgehead atoms. The SMILES string of the molecule is Cc1cc(C[C@H](CCCCN[C@@H](c2ccc(Cl)cn2)C(C)C)C(=O)NO)cc(Cl)c1F. The maximum absolute atomic E-state index is 13.8. The molecule has 0 aliphatic carbocycles. The standard InChI is InChI=1S/C23H30Cl2FN3O2/c1-14(2)22(20-8-7-18(24)13-28-20)27-9-5-4-6-17(23(30)29-31)11-16-10-15(3)21(26)19(25)12-16/h7-8,10,12-14,17,22,27,31H,4-6,9,11H2,1-3H3,(H,29,30)/t17-,22+/m0/s1. The molecule has 0 fully saturated rings. The highest BCUT2D eigenvalue weighted by molar-refractivity contribution is 6.31. The van der Waals surface area contributed by atoms with E-state index in [2.05, 4.69) is 24.1 Å². The van der Waals surface area contributed by atoms with E-state index in [1.54, 1.807) is 24.7 Å². The molecule has 0 aliphatic rings. The fourth-order valence-electron chi connectivity index (χ4n) is 3.64. The van der Waals surface area contributed by atoms with E-state index in [1.165, 1.54) is 6.07 Å². The largest absolute Gasteiger partial charge is 0.308 e. The molecule has 0 unspecified atom stereocenters. The van der Waals surface area contributed by atoms with Crippen LogP contribution in [0.3, 0.4) is 0 Å². The van der Waals surface area contributed by atoms with Gasteiger partial charge in [-0.3, -0.25) is 15.0 Å². The fraction of sp³-hybridized carbons (Fsp3) is 0.478. The van der Waals surface area contributed by atoms with Crippen LogP contribution >= 0.6 is 23.2 Å². The maximum Gasteiger partial charge on any atom is 0.246 e. The van der Waals surface area contributed by atoms with Gasteiger partial charge in [-0.05, 0) is 68.0 Å². The van der Waals surface area contributed by atoms with E-state index < -0.39 is 17.6 Å². The first-order chi connectivity index (χ1) is 14.7. The summed E-state index contributed by atoms with van der Waals surface area (Å²) in [6.07, 6.45) is 4.26. The molecule has 2 aromatic rings. The molecule has 0 aliphatic heterocycles. The molecule has 5 nitrogen and oxygen atoms in total. The van der Waals surface area contributed by atoms with E-state index in [0.717, 1.165) is 30.6 Å². The summed E-state index contributed by atoms with van der Waals surface area (Å²) in [7, 11) is 0. The molecule has 1 heterocycles. The smallest absolute Gasteiger partial charge is 0.246 e. The number of halogens is 3. The molecule has 0 radical (unpaired) electrons. The monoisotopic (exact) mass is 469 g/mol. The van der Waals surface area contributed by atoms with Gasteiger partial charge in [-0.15, -0.1) is 0 Å². The highest BCUT2D eigenvalue weighted by Crippen LogP contribution is 2.24. The van der Waals surface area contributed by atoms with Crippen molar-refractivity contribution in [2.45, 2.75) is 52.5 Å². The second-order valence-electron chi connectivity index (χ2n) is 8.16. The first kappa shape index (κ1) is 25.5. The Bertz CT molecular complexity index is 839. The van der Waals surface area contributed by atoms with E-state index in [4.69, 9.17) is 28.4 Å². The zero-order valence-corrected chi connectivity index (χ0v) is 19.6. The van der Waals surface area contributed by atoms with Gasteiger partial charge in [-0.2, -0.15) is 0 Å². The van der Waals surface area contributed by atoms with Crippen LogP contribution in [0.5, 0.6) is 0 Å². The Morgan fingerprint density at radius 3 is 2.55 bits per heavy atom. The van der Waals surface area contributed by atoms with Gasteiger partial charge in [-0.25, -0.2) is 9.87 Å². The van der Waals surface area contributed by atoms with Crippen LogP contribution in [-0.2, 0) is 11.2 Å². The molecule has 1 aromatic heterocycles. The van der Waals surface area contributed by atoms with E-state index in [0.29, 0.717) is 29.3 Å². The van der Waals surface area contributed by atoms with Crippen molar-refractivity contribution in [3.63, 3.8) is 0 Å². The number of amides is 1. The van der Waals surface area contributed by atoms with Gasteiger partial charge < -0.3 is 5.32 Å². The summed E-state index contributed by atoms with van der Waals surface area (Å²) < 4.78 is 13.8. The lowest BCUT2D eigenvalue weighted by Gasteiger charge is -2.22. The Kier molecular flexibility index (Phi) is 10.2. The summed E-state index contributed by atoms with van der Waals surface area (Å²) in [4.78, 5) is 16.5. The predicted molar refractivity (Wildman–Crippen MR) is 122 cm³/mol. The van der Waals surface area contributed by atoms with Crippen molar-refractivity contribution in [2.75, 3.05) is 6.54 Å². The topological polar surface area (TPSA) is 74.2 Å². The maximum atomic E-state index is 13.8. The van der Waals surface area contributed by atoms with E-state index in [9.17, 15) is 9.18 Å². The first-order valence-corrected chi connectivity index (χ1v) is 11.2. The summed E-state index contributed by atoms with van der Waals surface area (Å²) in [5.74, 6) is -0.969. The third-order valence-electron chi connectivity index (χ3n) is 5.31. The second kappa shape index (κ2) is 12.3. The molecule has 1 amide bonds. The van der Waals surface area contributed by atoms with E-state index in [1.807, 2.05) is 12.1 Å². The van der Waals surface area contributed by atoms with Crippen molar-refractivity contribution in [2.24, 2.45) is 11.8 Å². The summed E-state index contributed by atoms with van der Waals surface area (Å²) in [6, 6.07) is 7.10. The van der Waals surface area contributed by atoms with Crippen LogP contribution in [0.15, 0.2) is 30.5 Å².